The second-order valence-corrected chi connectivity index (χ2v) is 4.68. The number of benzene rings is 1. The molecule has 1 N–H and O–H groups in total. The largest absolute Gasteiger partial charge is 0.367 e. The van der Waals surface area contributed by atoms with Gasteiger partial charge in [-0.1, -0.05) is 12.1 Å². The van der Waals surface area contributed by atoms with Crippen molar-refractivity contribution in [3.63, 3.8) is 0 Å². The lowest BCUT2D eigenvalue weighted by atomic mass is 10.0. The highest BCUT2D eigenvalue weighted by Gasteiger charge is 2.30. The predicted octanol–water partition coefficient (Wildman–Crippen LogP) is 1.72. The molecule has 1 atom stereocenters. The maximum Gasteiger partial charge on any atom is 0.0455 e. The maximum absolute atomic E-state index is 3.53. The van der Waals surface area contributed by atoms with Crippen LogP contribution in [0.5, 0.6) is 0 Å². The molecule has 2 aliphatic heterocycles. The molecule has 0 spiro atoms. The molecule has 80 valence electrons. The summed E-state index contributed by atoms with van der Waals surface area (Å²) in [6.45, 7) is 5.77. The van der Waals surface area contributed by atoms with Crippen LogP contribution in [0.25, 0.3) is 0 Å². The zero-order valence-corrected chi connectivity index (χ0v) is 9.29. The van der Waals surface area contributed by atoms with Gasteiger partial charge in [0.15, 0.2) is 0 Å². The molecule has 1 fully saturated rings. The summed E-state index contributed by atoms with van der Waals surface area (Å²) in [6.07, 6.45) is 2.50. The van der Waals surface area contributed by atoms with Crippen molar-refractivity contribution >= 4 is 5.69 Å². The van der Waals surface area contributed by atoms with Crippen molar-refractivity contribution < 1.29 is 0 Å². The normalized spacial score (nSPS) is 24.6. The van der Waals surface area contributed by atoms with E-state index >= 15 is 0 Å². The van der Waals surface area contributed by atoms with E-state index < -0.39 is 0 Å². The Morgan fingerprint density at radius 2 is 2.33 bits per heavy atom. The first-order valence-corrected chi connectivity index (χ1v) is 5.92. The second kappa shape index (κ2) is 3.53. The fraction of sp³-hybridized carbons (Fsp3) is 0.538. The van der Waals surface area contributed by atoms with Crippen LogP contribution in [-0.2, 0) is 6.42 Å². The summed E-state index contributed by atoms with van der Waals surface area (Å²) in [5.74, 6) is 0. The van der Waals surface area contributed by atoms with Gasteiger partial charge in [0.25, 0.3) is 0 Å². The minimum absolute atomic E-state index is 0.698. The fourth-order valence-electron chi connectivity index (χ4n) is 2.89. The van der Waals surface area contributed by atoms with Crippen LogP contribution in [-0.4, -0.2) is 25.7 Å². The van der Waals surface area contributed by atoms with Crippen LogP contribution in [0, 0.1) is 6.92 Å². The van der Waals surface area contributed by atoms with Crippen molar-refractivity contribution in [2.24, 2.45) is 0 Å². The molecule has 0 aromatic heterocycles. The van der Waals surface area contributed by atoms with Crippen molar-refractivity contribution in [2.75, 3.05) is 24.5 Å². The smallest absolute Gasteiger partial charge is 0.0455 e. The number of nitrogens with zero attached hydrogens (tertiary/aromatic N) is 1. The summed E-state index contributed by atoms with van der Waals surface area (Å²) in [5.41, 5.74) is 4.52. The predicted molar refractivity (Wildman–Crippen MR) is 63.5 cm³/mol. The van der Waals surface area contributed by atoms with E-state index in [1.165, 1.54) is 37.2 Å². The molecule has 2 heteroatoms. The van der Waals surface area contributed by atoms with Crippen LogP contribution in [0.15, 0.2) is 18.2 Å². The quantitative estimate of drug-likeness (QED) is 0.689. The number of fused-ring (bicyclic) bond motifs is 3. The van der Waals surface area contributed by atoms with E-state index in [-0.39, 0.29) is 0 Å². The number of aryl methyl sites for hydroxylation is 1. The van der Waals surface area contributed by atoms with Gasteiger partial charge >= 0.3 is 0 Å². The molecule has 0 saturated carbocycles. The standard InChI is InChI=1S/C13H18N2/c1-10-4-2-5-13-12(10)8-11-9-14-6-3-7-15(11)13/h2,4-5,11,14H,3,6-9H2,1H3. The molecule has 3 rings (SSSR count). The molecule has 0 radical (unpaired) electrons. The molecule has 0 amide bonds. The molecular formula is C13H18N2. The molecule has 15 heavy (non-hydrogen) atoms. The fourth-order valence-corrected chi connectivity index (χ4v) is 2.89. The van der Waals surface area contributed by atoms with E-state index in [1.54, 1.807) is 5.56 Å². The van der Waals surface area contributed by atoms with Gasteiger partial charge < -0.3 is 10.2 Å². The van der Waals surface area contributed by atoms with Crippen molar-refractivity contribution in [1.82, 2.24) is 5.32 Å². The van der Waals surface area contributed by atoms with Crippen LogP contribution < -0.4 is 10.2 Å². The summed E-state index contributed by atoms with van der Waals surface area (Å²) < 4.78 is 0. The highest BCUT2D eigenvalue weighted by Crippen LogP contribution is 2.34. The average Bonchev–Trinajstić information content (AvgIpc) is 2.45. The number of rotatable bonds is 0. The van der Waals surface area contributed by atoms with E-state index in [0.29, 0.717) is 6.04 Å². The highest BCUT2D eigenvalue weighted by molar-refractivity contribution is 5.62. The Bertz CT molecular complexity index is 373. The lowest BCUT2D eigenvalue weighted by molar-refractivity contribution is 0.612. The summed E-state index contributed by atoms with van der Waals surface area (Å²) in [4.78, 5) is 2.60. The molecule has 1 aromatic rings. The van der Waals surface area contributed by atoms with Crippen molar-refractivity contribution in [1.29, 1.82) is 0 Å². The Balaban J connectivity index is 2.00. The first-order chi connectivity index (χ1) is 7.36. The molecule has 2 nitrogen and oxygen atoms in total. The van der Waals surface area contributed by atoms with Gasteiger partial charge in [-0.15, -0.1) is 0 Å². The summed E-state index contributed by atoms with van der Waals surface area (Å²) >= 11 is 0. The third-order valence-electron chi connectivity index (χ3n) is 3.71. The van der Waals surface area contributed by atoms with Crippen molar-refractivity contribution in [3.05, 3.63) is 29.3 Å². The number of hydrogen-bond donors (Lipinski definition) is 1. The number of nitrogens with one attached hydrogen (secondary N) is 1. The Morgan fingerprint density at radius 1 is 1.40 bits per heavy atom. The summed E-state index contributed by atoms with van der Waals surface area (Å²) in [7, 11) is 0. The minimum Gasteiger partial charge on any atom is -0.367 e. The molecule has 2 heterocycles. The van der Waals surface area contributed by atoms with Crippen LogP contribution in [0.1, 0.15) is 17.5 Å². The van der Waals surface area contributed by atoms with Gasteiger partial charge in [0.2, 0.25) is 0 Å². The van der Waals surface area contributed by atoms with E-state index in [0.717, 1.165) is 6.54 Å². The zero-order chi connectivity index (χ0) is 10.3. The third kappa shape index (κ3) is 1.44. The summed E-state index contributed by atoms with van der Waals surface area (Å²) in [6, 6.07) is 7.41. The van der Waals surface area contributed by atoms with Crippen molar-refractivity contribution in [2.45, 2.75) is 25.8 Å². The molecule has 0 aliphatic carbocycles. The van der Waals surface area contributed by atoms with Crippen LogP contribution in [0.2, 0.25) is 0 Å². The van der Waals surface area contributed by atoms with Gasteiger partial charge in [-0.25, -0.2) is 0 Å². The lowest BCUT2D eigenvalue weighted by Crippen LogP contribution is -2.36. The monoisotopic (exact) mass is 202 g/mol. The third-order valence-corrected chi connectivity index (χ3v) is 3.71. The van der Waals surface area contributed by atoms with Crippen LogP contribution in [0.4, 0.5) is 5.69 Å². The van der Waals surface area contributed by atoms with Crippen LogP contribution >= 0.6 is 0 Å². The van der Waals surface area contributed by atoms with Gasteiger partial charge in [-0.3, -0.25) is 0 Å². The van der Waals surface area contributed by atoms with Gasteiger partial charge in [-0.2, -0.15) is 0 Å². The average molecular weight is 202 g/mol. The Morgan fingerprint density at radius 3 is 3.27 bits per heavy atom. The van der Waals surface area contributed by atoms with Gasteiger partial charge in [0, 0.05) is 24.8 Å². The summed E-state index contributed by atoms with van der Waals surface area (Å²) in [5, 5.41) is 3.53. The SMILES string of the molecule is Cc1cccc2c1CC1CNCCCN21. The van der Waals surface area contributed by atoms with E-state index in [4.69, 9.17) is 0 Å². The van der Waals surface area contributed by atoms with Gasteiger partial charge in [0.05, 0.1) is 0 Å². The molecule has 1 saturated heterocycles. The van der Waals surface area contributed by atoms with E-state index in [2.05, 4.69) is 35.3 Å². The van der Waals surface area contributed by atoms with E-state index in [9.17, 15) is 0 Å². The minimum atomic E-state index is 0.698. The van der Waals surface area contributed by atoms with Crippen molar-refractivity contribution in [3.8, 4) is 0 Å². The van der Waals surface area contributed by atoms with Crippen LogP contribution in [0.3, 0.4) is 0 Å². The maximum atomic E-state index is 3.53. The zero-order valence-electron chi connectivity index (χ0n) is 9.29. The Hall–Kier alpha value is -1.02. The highest BCUT2D eigenvalue weighted by atomic mass is 15.2. The first kappa shape index (κ1) is 9.22. The Kier molecular flexibility index (Phi) is 2.17. The molecule has 0 bridgehead atoms. The van der Waals surface area contributed by atoms with E-state index in [1.807, 2.05) is 0 Å². The Labute approximate surface area is 91.3 Å². The molecule has 1 unspecified atom stereocenters. The second-order valence-electron chi connectivity index (χ2n) is 4.68. The molecule has 1 aromatic carbocycles. The van der Waals surface area contributed by atoms with Gasteiger partial charge in [-0.05, 0) is 43.5 Å². The topological polar surface area (TPSA) is 15.3 Å². The number of hydrogen-bond acceptors (Lipinski definition) is 2. The first-order valence-electron chi connectivity index (χ1n) is 5.92. The molecular weight excluding hydrogens is 184 g/mol. The molecule has 2 aliphatic rings. The lowest BCUT2D eigenvalue weighted by Gasteiger charge is -2.24. The number of anilines is 1. The van der Waals surface area contributed by atoms with Gasteiger partial charge in [0.1, 0.15) is 0 Å².